The minimum Gasteiger partial charge on any atom is -0.317 e. The average molecular weight is 235 g/mol. The summed E-state index contributed by atoms with van der Waals surface area (Å²) in [6, 6.07) is 4.69. The van der Waals surface area contributed by atoms with Crippen LogP contribution in [0, 0.1) is 5.92 Å². The molecule has 17 heavy (non-hydrogen) atoms. The van der Waals surface area contributed by atoms with E-state index in [1.807, 2.05) is 18.5 Å². The molecular weight excluding hydrogens is 210 g/mol. The Morgan fingerprint density at radius 1 is 1.41 bits per heavy atom. The third-order valence-corrected chi connectivity index (χ3v) is 3.39. The van der Waals surface area contributed by atoms with Gasteiger partial charge < -0.3 is 5.32 Å². The highest BCUT2D eigenvalue weighted by atomic mass is 15.1. The number of hydrogen-bond donors (Lipinski definition) is 1. The number of rotatable bonds is 7. The largest absolute Gasteiger partial charge is 0.317 e. The third kappa shape index (κ3) is 4.84. The van der Waals surface area contributed by atoms with E-state index in [-0.39, 0.29) is 0 Å². The third-order valence-electron chi connectivity index (χ3n) is 3.39. The van der Waals surface area contributed by atoms with Crippen molar-refractivity contribution in [2.75, 3.05) is 20.1 Å². The van der Waals surface area contributed by atoms with E-state index in [4.69, 9.17) is 0 Å². The summed E-state index contributed by atoms with van der Waals surface area (Å²) in [5.41, 5.74) is 1.28. The second kappa shape index (κ2) is 7.41. The van der Waals surface area contributed by atoms with Gasteiger partial charge in [0.15, 0.2) is 0 Å². The van der Waals surface area contributed by atoms with Crippen molar-refractivity contribution in [3.8, 4) is 0 Å². The quantitative estimate of drug-likeness (QED) is 0.785. The predicted octanol–water partition coefficient (Wildman–Crippen LogP) is 2.15. The fraction of sp³-hybridized carbons (Fsp3) is 0.643. The molecule has 0 aromatic carbocycles. The Hall–Kier alpha value is -0.930. The maximum Gasteiger partial charge on any atom is 0.0312 e. The highest BCUT2D eigenvalue weighted by Crippen LogP contribution is 2.11. The van der Waals surface area contributed by atoms with Crippen molar-refractivity contribution in [3.05, 3.63) is 30.1 Å². The predicted molar refractivity (Wildman–Crippen MR) is 72.9 cm³/mol. The van der Waals surface area contributed by atoms with Crippen molar-refractivity contribution in [2.24, 2.45) is 5.92 Å². The molecule has 2 atom stereocenters. The van der Waals surface area contributed by atoms with Gasteiger partial charge in [0.25, 0.3) is 0 Å². The highest BCUT2D eigenvalue weighted by Gasteiger charge is 2.16. The van der Waals surface area contributed by atoms with Crippen LogP contribution in [0.2, 0.25) is 0 Å². The fourth-order valence-electron chi connectivity index (χ4n) is 1.90. The van der Waals surface area contributed by atoms with Gasteiger partial charge in [0.05, 0.1) is 0 Å². The Morgan fingerprint density at radius 3 is 2.76 bits per heavy atom. The van der Waals surface area contributed by atoms with Crippen LogP contribution in [0.5, 0.6) is 0 Å². The first-order valence-corrected chi connectivity index (χ1v) is 6.45. The van der Waals surface area contributed by atoms with Crippen molar-refractivity contribution in [3.63, 3.8) is 0 Å². The lowest BCUT2D eigenvalue weighted by Gasteiger charge is -2.30. The first-order chi connectivity index (χ1) is 8.15. The van der Waals surface area contributed by atoms with Crippen molar-refractivity contribution in [1.82, 2.24) is 15.2 Å². The highest BCUT2D eigenvalue weighted by molar-refractivity contribution is 5.08. The lowest BCUT2D eigenvalue weighted by molar-refractivity contribution is 0.189. The van der Waals surface area contributed by atoms with Gasteiger partial charge in [-0.3, -0.25) is 9.88 Å². The molecule has 2 unspecified atom stereocenters. The molecule has 1 heterocycles. The van der Waals surface area contributed by atoms with Crippen LogP contribution in [-0.4, -0.2) is 36.1 Å². The van der Waals surface area contributed by atoms with Crippen LogP contribution in [0.15, 0.2) is 24.5 Å². The van der Waals surface area contributed by atoms with E-state index in [0.29, 0.717) is 12.0 Å². The van der Waals surface area contributed by atoms with Gasteiger partial charge >= 0.3 is 0 Å². The van der Waals surface area contributed by atoms with Crippen LogP contribution in [0.1, 0.15) is 26.3 Å². The Labute approximate surface area is 105 Å². The van der Waals surface area contributed by atoms with Gasteiger partial charge in [-0.1, -0.05) is 19.9 Å². The van der Waals surface area contributed by atoms with Crippen LogP contribution in [-0.2, 0) is 6.54 Å². The van der Waals surface area contributed by atoms with Crippen LogP contribution >= 0.6 is 0 Å². The Morgan fingerprint density at radius 2 is 2.18 bits per heavy atom. The van der Waals surface area contributed by atoms with Crippen LogP contribution in [0.4, 0.5) is 0 Å². The minimum absolute atomic E-state index is 0.564. The Balaban J connectivity index is 2.43. The summed E-state index contributed by atoms with van der Waals surface area (Å²) >= 11 is 0. The summed E-state index contributed by atoms with van der Waals surface area (Å²) in [5.74, 6) is 0.650. The van der Waals surface area contributed by atoms with Gasteiger partial charge in [0.1, 0.15) is 0 Å². The normalized spacial score (nSPS) is 14.9. The Kier molecular flexibility index (Phi) is 6.16. The monoisotopic (exact) mass is 235 g/mol. The van der Waals surface area contributed by atoms with Crippen molar-refractivity contribution < 1.29 is 0 Å². The maximum atomic E-state index is 4.15. The summed E-state index contributed by atoms with van der Waals surface area (Å²) in [6.45, 7) is 9.83. The van der Waals surface area contributed by atoms with Crippen LogP contribution < -0.4 is 5.32 Å². The molecule has 0 fully saturated rings. The fourth-order valence-corrected chi connectivity index (χ4v) is 1.90. The van der Waals surface area contributed by atoms with Gasteiger partial charge in [0.2, 0.25) is 0 Å². The van der Waals surface area contributed by atoms with Gasteiger partial charge in [-0.2, -0.15) is 0 Å². The summed E-state index contributed by atoms with van der Waals surface area (Å²) < 4.78 is 0. The van der Waals surface area contributed by atoms with Gasteiger partial charge in [0, 0.05) is 25.0 Å². The molecule has 0 saturated carbocycles. The second-order valence-corrected chi connectivity index (χ2v) is 4.80. The van der Waals surface area contributed by atoms with Crippen LogP contribution in [0.3, 0.4) is 0 Å². The molecule has 1 rings (SSSR count). The number of aromatic nitrogens is 1. The van der Waals surface area contributed by atoms with Crippen molar-refractivity contribution in [2.45, 2.75) is 33.4 Å². The van der Waals surface area contributed by atoms with E-state index < -0.39 is 0 Å². The number of hydrogen-bond acceptors (Lipinski definition) is 3. The summed E-state index contributed by atoms with van der Waals surface area (Å²) in [4.78, 5) is 6.54. The molecule has 0 spiro atoms. The lowest BCUT2D eigenvalue weighted by Crippen LogP contribution is -2.38. The molecule has 0 radical (unpaired) electrons. The van der Waals surface area contributed by atoms with Gasteiger partial charge in [-0.25, -0.2) is 0 Å². The zero-order valence-electron chi connectivity index (χ0n) is 11.5. The van der Waals surface area contributed by atoms with Gasteiger partial charge in [-0.05, 0) is 44.6 Å². The van der Waals surface area contributed by atoms with E-state index in [9.17, 15) is 0 Å². The van der Waals surface area contributed by atoms with Crippen LogP contribution in [0.25, 0.3) is 0 Å². The number of pyridine rings is 1. The zero-order chi connectivity index (χ0) is 12.7. The molecule has 0 aliphatic heterocycles. The maximum absolute atomic E-state index is 4.15. The molecular formula is C14H25N3. The first kappa shape index (κ1) is 14.1. The summed E-state index contributed by atoms with van der Waals surface area (Å²) in [6.07, 6.45) is 3.76. The van der Waals surface area contributed by atoms with E-state index in [1.54, 1.807) is 0 Å². The van der Waals surface area contributed by atoms with E-state index in [0.717, 1.165) is 19.6 Å². The smallest absolute Gasteiger partial charge is 0.0312 e. The van der Waals surface area contributed by atoms with Crippen molar-refractivity contribution in [1.29, 1.82) is 0 Å². The molecule has 0 aliphatic carbocycles. The molecule has 1 aromatic rings. The lowest BCUT2D eigenvalue weighted by atomic mass is 10.0. The SMILES string of the molecule is CCNCC(C)C(C)N(C)Cc1cccnc1. The molecule has 3 heteroatoms. The molecule has 0 amide bonds. The molecule has 1 aromatic heterocycles. The molecule has 0 saturated heterocycles. The topological polar surface area (TPSA) is 28.2 Å². The second-order valence-electron chi connectivity index (χ2n) is 4.80. The molecule has 0 aliphatic rings. The zero-order valence-corrected chi connectivity index (χ0v) is 11.5. The average Bonchev–Trinajstić information content (AvgIpc) is 2.36. The summed E-state index contributed by atoms with van der Waals surface area (Å²) in [5, 5.41) is 3.41. The van der Waals surface area contributed by atoms with Crippen molar-refractivity contribution >= 4 is 0 Å². The first-order valence-electron chi connectivity index (χ1n) is 6.45. The molecule has 96 valence electrons. The molecule has 3 nitrogen and oxygen atoms in total. The van der Waals surface area contributed by atoms with E-state index in [2.05, 4.69) is 49.1 Å². The molecule has 1 N–H and O–H groups in total. The van der Waals surface area contributed by atoms with E-state index >= 15 is 0 Å². The minimum atomic E-state index is 0.564. The Bertz CT molecular complexity index is 300. The standard InChI is InChI=1S/C14H25N3/c1-5-15-9-12(2)13(3)17(4)11-14-7-6-8-16-10-14/h6-8,10,12-13,15H,5,9,11H2,1-4H3. The van der Waals surface area contributed by atoms with Gasteiger partial charge in [-0.15, -0.1) is 0 Å². The number of nitrogens with one attached hydrogen (secondary N) is 1. The number of nitrogens with zero attached hydrogens (tertiary/aromatic N) is 2. The van der Waals surface area contributed by atoms with E-state index in [1.165, 1.54) is 5.56 Å². The molecule has 0 bridgehead atoms. The summed E-state index contributed by atoms with van der Waals surface area (Å²) in [7, 11) is 2.18.